The number of hydrogen-bond acceptors (Lipinski definition) is 4. The van der Waals surface area contributed by atoms with Gasteiger partial charge in [-0.25, -0.2) is 0 Å². The minimum atomic E-state index is -0.308. The lowest BCUT2D eigenvalue weighted by molar-refractivity contribution is -0.142. The zero-order valence-electron chi connectivity index (χ0n) is 9.92. The molecule has 0 aliphatic heterocycles. The van der Waals surface area contributed by atoms with E-state index in [-0.39, 0.29) is 12.4 Å². The largest absolute Gasteiger partial charge is 0.465 e. The zero-order chi connectivity index (χ0) is 12.2. The number of nitrogens with zero attached hydrogens (tertiary/aromatic N) is 1. The fraction of sp³-hybridized carbons (Fsp3) is 0.750. The second-order valence-corrected chi connectivity index (χ2v) is 3.85. The predicted octanol–water partition coefficient (Wildman–Crippen LogP) is 2.82. The molecule has 16 heavy (non-hydrogen) atoms. The average molecular weight is 224 g/mol. The van der Waals surface area contributed by atoms with Gasteiger partial charge >= 0.3 is 5.97 Å². The summed E-state index contributed by atoms with van der Waals surface area (Å²) in [6.07, 6.45) is 5.75. The van der Waals surface area contributed by atoms with Gasteiger partial charge in [-0.1, -0.05) is 19.3 Å². The summed E-state index contributed by atoms with van der Waals surface area (Å²) in [6, 6.07) is 2.11. The molecular formula is C12H20N2O2. The first-order valence-electron chi connectivity index (χ1n) is 5.73. The molecule has 0 fully saturated rings. The molecule has 0 radical (unpaired) electrons. The summed E-state index contributed by atoms with van der Waals surface area (Å²) in [5.41, 5.74) is 0.335. The number of carbonyl (C=O) groups is 1. The van der Waals surface area contributed by atoms with Gasteiger partial charge in [0.2, 0.25) is 0 Å². The minimum Gasteiger partial charge on any atom is -0.465 e. The van der Waals surface area contributed by atoms with E-state index in [2.05, 4.69) is 6.07 Å². The molecule has 0 amide bonds. The van der Waals surface area contributed by atoms with Crippen LogP contribution in [0.15, 0.2) is 0 Å². The third-order valence-corrected chi connectivity index (χ3v) is 2.11. The zero-order valence-corrected chi connectivity index (χ0v) is 9.92. The topological polar surface area (TPSA) is 73.9 Å². The van der Waals surface area contributed by atoms with E-state index in [0.717, 1.165) is 32.1 Å². The van der Waals surface area contributed by atoms with Crippen molar-refractivity contribution < 1.29 is 9.53 Å². The van der Waals surface area contributed by atoms with Crippen molar-refractivity contribution in [2.75, 3.05) is 6.61 Å². The van der Waals surface area contributed by atoms with E-state index in [1.807, 2.05) is 0 Å². The van der Waals surface area contributed by atoms with Crippen LogP contribution in [0.25, 0.3) is 0 Å². The molecule has 90 valence electrons. The van der Waals surface area contributed by atoms with Crippen LogP contribution in [0.2, 0.25) is 0 Å². The van der Waals surface area contributed by atoms with Crippen molar-refractivity contribution in [2.24, 2.45) is 0 Å². The summed E-state index contributed by atoms with van der Waals surface area (Å²) in [4.78, 5) is 11.0. The monoisotopic (exact) mass is 224 g/mol. The van der Waals surface area contributed by atoms with Gasteiger partial charge in [-0.2, -0.15) is 5.26 Å². The molecule has 0 aliphatic carbocycles. The second-order valence-electron chi connectivity index (χ2n) is 3.85. The highest BCUT2D eigenvalue weighted by molar-refractivity contribution is 5.95. The summed E-state index contributed by atoms with van der Waals surface area (Å²) < 4.78 is 4.95. The van der Waals surface area contributed by atoms with E-state index in [1.54, 1.807) is 6.92 Å². The smallest absolute Gasteiger partial charge is 0.311 e. The lowest BCUT2D eigenvalue weighted by Crippen LogP contribution is -2.09. The molecule has 0 aromatic heterocycles. The fourth-order valence-electron chi connectivity index (χ4n) is 1.29. The van der Waals surface area contributed by atoms with Gasteiger partial charge < -0.3 is 10.1 Å². The van der Waals surface area contributed by atoms with Crippen LogP contribution in [0.5, 0.6) is 0 Å². The lowest BCUT2D eigenvalue weighted by atomic mass is 10.1. The Kier molecular flexibility index (Phi) is 9.29. The molecule has 4 heteroatoms. The number of rotatable bonds is 9. The molecular weight excluding hydrogens is 204 g/mol. The summed E-state index contributed by atoms with van der Waals surface area (Å²) in [7, 11) is 0. The van der Waals surface area contributed by atoms with Gasteiger partial charge in [-0.05, 0) is 19.8 Å². The van der Waals surface area contributed by atoms with Gasteiger partial charge in [0.05, 0.1) is 19.1 Å². The summed E-state index contributed by atoms with van der Waals surface area (Å²) in [5, 5.41) is 15.4. The van der Waals surface area contributed by atoms with Gasteiger partial charge in [-0.15, -0.1) is 0 Å². The highest BCUT2D eigenvalue weighted by atomic mass is 16.5. The maximum Gasteiger partial charge on any atom is 0.311 e. The Bertz CT molecular complexity index is 256. The highest BCUT2D eigenvalue weighted by Crippen LogP contribution is 2.05. The molecule has 0 rings (SSSR count). The van der Waals surface area contributed by atoms with Gasteiger partial charge in [-0.3, -0.25) is 4.79 Å². The van der Waals surface area contributed by atoms with E-state index in [9.17, 15) is 4.79 Å². The quantitative estimate of drug-likeness (QED) is 0.372. The SMILES string of the molecule is CC(=N)CC(=O)OCCCCCCCC#N. The van der Waals surface area contributed by atoms with Gasteiger partial charge in [0.15, 0.2) is 0 Å². The summed E-state index contributed by atoms with van der Waals surface area (Å²) >= 11 is 0. The number of nitriles is 1. The Labute approximate surface area is 97.1 Å². The van der Waals surface area contributed by atoms with Crippen LogP contribution in [0.3, 0.4) is 0 Å². The van der Waals surface area contributed by atoms with Gasteiger partial charge in [0.25, 0.3) is 0 Å². The number of carbonyl (C=O) groups excluding carboxylic acids is 1. The molecule has 0 saturated heterocycles. The van der Waals surface area contributed by atoms with Gasteiger partial charge in [0, 0.05) is 12.1 Å². The number of hydrogen-bond donors (Lipinski definition) is 1. The van der Waals surface area contributed by atoms with Crippen LogP contribution < -0.4 is 0 Å². The van der Waals surface area contributed by atoms with Crippen LogP contribution in [-0.2, 0) is 9.53 Å². The first-order chi connectivity index (χ1) is 7.66. The van der Waals surface area contributed by atoms with Crippen molar-refractivity contribution in [1.82, 2.24) is 0 Å². The van der Waals surface area contributed by atoms with Crippen molar-refractivity contribution >= 4 is 11.7 Å². The van der Waals surface area contributed by atoms with Crippen LogP contribution in [-0.4, -0.2) is 18.3 Å². The van der Waals surface area contributed by atoms with E-state index >= 15 is 0 Å². The summed E-state index contributed by atoms with van der Waals surface area (Å²) in [6.45, 7) is 2.04. The van der Waals surface area contributed by atoms with E-state index in [1.165, 1.54) is 0 Å². The molecule has 0 saturated carbocycles. The standard InChI is InChI=1S/C12H20N2O2/c1-11(14)10-12(15)16-9-7-5-3-2-4-6-8-13/h14H,2-7,9-10H2,1H3. The Morgan fingerprint density at radius 1 is 1.25 bits per heavy atom. The van der Waals surface area contributed by atoms with E-state index in [0.29, 0.717) is 18.7 Å². The second kappa shape index (κ2) is 10.2. The Balaban J connectivity index is 3.18. The van der Waals surface area contributed by atoms with Crippen LogP contribution in [0, 0.1) is 16.7 Å². The molecule has 0 bridgehead atoms. The fourth-order valence-corrected chi connectivity index (χ4v) is 1.29. The predicted molar refractivity (Wildman–Crippen MR) is 62.3 cm³/mol. The van der Waals surface area contributed by atoms with E-state index in [4.69, 9.17) is 15.4 Å². The Hall–Kier alpha value is -1.37. The Morgan fingerprint density at radius 2 is 1.88 bits per heavy atom. The molecule has 0 aromatic carbocycles. The van der Waals surface area contributed by atoms with Crippen molar-refractivity contribution in [3.8, 4) is 6.07 Å². The van der Waals surface area contributed by atoms with Gasteiger partial charge in [0.1, 0.15) is 0 Å². The first kappa shape index (κ1) is 14.6. The van der Waals surface area contributed by atoms with Crippen molar-refractivity contribution in [2.45, 2.75) is 51.9 Å². The van der Waals surface area contributed by atoms with Crippen LogP contribution in [0.1, 0.15) is 51.9 Å². The normalized spacial score (nSPS) is 9.50. The average Bonchev–Trinajstić information content (AvgIpc) is 2.21. The molecule has 0 unspecified atom stereocenters. The first-order valence-corrected chi connectivity index (χ1v) is 5.73. The number of ether oxygens (including phenoxy) is 1. The van der Waals surface area contributed by atoms with Crippen LogP contribution >= 0.6 is 0 Å². The molecule has 0 spiro atoms. The molecule has 0 atom stereocenters. The maximum absolute atomic E-state index is 11.0. The number of unbranched alkanes of at least 4 members (excludes halogenated alkanes) is 5. The summed E-state index contributed by atoms with van der Waals surface area (Å²) in [5.74, 6) is -0.308. The molecule has 4 nitrogen and oxygen atoms in total. The molecule has 1 N–H and O–H groups in total. The van der Waals surface area contributed by atoms with Crippen molar-refractivity contribution in [1.29, 1.82) is 10.7 Å². The number of esters is 1. The molecule has 0 aliphatic rings. The van der Waals surface area contributed by atoms with Crippen molar-refractivity contribution in [3.63, 3.8) is 0 Å². The minimum absolute atomic E-state index is 0.0994. The number of nitrogens with one attached hydrogen (secondary N) is 1. The third kappa shape index (κ3) is 10.7. The lowest BCUT2D eigenvalue weighted by Gasteiger charge is -2.03. The molecule has 0 aromatic rings. The highest BCUT2D eigenvalue weighted by Gasteiger charge is 2.02. The maximum atomic E-state index is 11.0. The third-order valence-electron chi connectivity index (χ3n) is 2.11. The van der Waals surface area contributed by atoms with Crippen molar-refractivity contribution in [3.05, 3.63) is 0 Å². The van der Waals surface area contributed by atoms with Crippen LogP contribution in [0.4, 0.5) is 0 Å². The van der Waals surface area contributed by atoms with E-state index < -0.39 is 0 Å². The Morgan fingerprint density at radius 3 is 2.50 bits per heavy atom. The molecule has 0 heterocycles.